The van der Waals surface area contributed by atoms with Gasteiger partial charge >= 0.3 is 5.97 Å². The summed E-state index contributed by atoms with van der Waals surface area (Å²) in [6.07, 6.45) is 2.64. The first-order valence-corrected chi connectivity index (χ1v) is 9.49. The molecule has 7 heteroatoms. The summed E-state index contributed by atoms with van der Waals surface area (Å²) >= 11 is 0. The molecule has 150 valence electrons. The molecule has 0 saturated carbocycles. The maximum absolute atomic E-state index is 12.9. The van der Waals surface area contributed by atoms with E-state index in [0.29, 0.717) is 31.9 Å². The van der Waals surface area contributed by atoms with Crippen LogP contribution in [0.25, 0.3) is 10.9 Å². The lowest BCUT2D eigenvalue weighted by atomic mass is 10.0. The van der Waals surface area contributed by atoms with E-state index in [-0.39, 0.29) is 12.5 Å². The molecule has 0 atom stereocenters. The molecule has 0 radical (unpaired) electrons. The first-order chi connectivity index (χ1) is 13.7. The number of para-hydroxylation sites is 1. The Labute approximate surface area is 164 Å². The molecule has 28 heavy (non-hydrogen) atoms. The Balaban J connectivity index is 1.75. The van der Waals surface area contributed by atoms with Crippen LogP contribution in [0.3, 0.4) is 0 Å². The number of esters is 1. The van der Waals surface area contributed by atoms with Gasteiger partial charge in [0.05, 0.1) is 24.3 Å². The van der Waals surface area contributed by atoms with Crippen LogP contribution in [0, 0.1) is 0 Å². The van der Waals surface area contributed by atoms with Gasteiger partial charge in [0, 0.05) is 38.4 Å². The number of carbonyl (C=O) groups is 2. The van der Waals surface area contributed by atoms with Gasteiger partial charge in [-0.05, 0) is 30.9 Å². The quantitative estimate of drug-likeness (QED) is 0.614. The van der Waals surface area contributed by atoms with E-state index in [9.17, 15) is 9.59 Å². The van der Waals surface area contributed by atoms with Crippen molar-refractivity contribution in [3.63, 3.8) is 0 Å². The number of aryl methyl sites for hydroxylation is 1. The number of rotatable bonds is 9. The van der Waals surface area contributed by atoms with E-state index in [1.54, 1.807) is 19.1 Å². The molecule has 0 bridgehead atoms. The highest BCUT2D eigenvalue weighted by molar-refractivity contribution is 6.05. The van der Waals surface area contributed by atoms with Crippen molar-refractivity contribution < 1.29 is 23.8 Å². The van der Waals surface area contributed by atoms with Gasteiger partial charge in [0.25, 0.3) is 5.91 Å². The predicted octanol–water partition coefficient (Wildman–Crippen LogP) is 2.00. The van der Waals surface area contributed by atoms with Gasteiger partial charge in [-0.3, -0.25) is 9.78 Å². The van der Waals surface area contributed by atoms with Crippen LogP contribution in [0.5, 0.6) is 0 Å². The minimum atomic E-state index is -0.469. The molecule has 0 N–H and O–H groups in total. The molecule has 1 aliphatic rings. The molecular formula is C21H26N2O5. The van der Waals surface area contributed by atoms with Crippen LogP contribution in [0.2, 0.25) is 0 Å². The number of fused-ring (bicyclic) bond motifs is 2. The molecule has 1 aromatic carbocycles. The van der Waals surface area contributed by atoms with Crippen molar-refractivity contribution in [3.8, 4) is 0 Å². The van der Waals surface area contributed by atoms with Crippen molar-refractivity contribution in [2.75, 3.05) is 47.1 Å². The Morgan fingerprint density at radius 3 is 2.50 bits per heavy atom. The molecule has 2 aromatic rings. The summed E-state index contributed by atoms with van der Waals surface area (Å²) in [6.45, 7) is 1.35. The highest BCUT2D eigenvalue weighted by Crippen LogP contribution is 2.30. The fraction of sp³-hybridized carbons (Fsp3) is 0.476. The number of ether oxygens (including phenoxy) is 3. The zero-order valence-corrected chi connectivity index (χ0v) is 16.4. The highest BCUT2D eigenvalue weighted by Gasteiger charge is 2.25. The lowest BCUT2D eigenvalue weighted by Crippen LogP contribution is -2.39. The van der Waals surface area contributed by atoms with Crippen LogP contribution >= 0.6 is 0 Å². The first-order valence-electron chi connectivity index (χ1n) is 9.49. The van der Waals surface area contributed by atoms with Crippen LogP contribution < -0.4 is 0 Å². The van der Waals surface area contributed by atoms with Crippen molar-refractivity contribution in [1.82, 2.24) is 9.88 Å². The molecule has 3 rings (SSSR count). The fourth-order valence-electron chi connectivity index (χ4n) is 3.50. The Morgan fingerprint density at radius 2 is 1.79 bits per heavy atom. The monoisotopic (exact) mass is 386 g/mol. The maximum Gasteiger partial charge on any atom is 0.339 e. The van der Waals surface area contributed by atoms with E-state index in [2.05, 4.69) is 4.98 Å². The second kappa shape index (κ2) is 9.61. The minimum absolute atomic E-state index is 0.266. The molecule has 1 aromatic heterocycles. The Bertz CT molecular complexity index is 844. The minimum Gasteiger partial charge on any atom is -0.452 e. The molecule has 0 aliphatic heterocycles. The molecule has 1 amide bonds. The molecule has 0 unspecified atom stereocenters. The van der Waals surface area contributed by atoms with E-state index in [1.165, 1.54) is 0 Å². The van der Waals surface area contributed by atoms with E-state index in [0.717, 1.165) is 41.4 Å². The summed E-state index contributed by atoms with van der Waals surface area (Å²) < 4.78 is 15.5. The summed E-state index contributed by atoms with van der Waals surface area (Å²) in [5, 5.41) is 0.774. The van der Waals surface area contributed by atoms with E-state index < -0.39 is 5.97 Å². The van der Waals surface area contributed by atoms with Gasteiger partial charge in [0.2, 0.25) is 0 Å². The van der Waals surface area contributed by atoms with Crippen LogP contribution in [0.1, 0.15) is 28.0 Å². The smallest absolute Gasteiger partial charge is 0.339 e. The van der Waals surface area contributed by atoms with Crippen molar-refractivity contribution in [3.05, 3.63) is 41.1 Å². The van der Waals surface area contributed by atoms with E-state index in [1.807, 2.05) is 24.3 Å². The van der Waals surface area contributed by atoms with Crippen LogP contribution in [-0.2, 0) is 31.8 Å². The topological polar surface area (TPSA) is 78.0 Å². The molecular weight excluding hydrogens is 360 g/mol. The molecule has 0 saturated heterocycles. The lowest BCUT2D eigenvalue weighted by molar-refractivity contribution is -0.135. The van der Waals surface area contributed by atoms with Crippen LogP contribution in [0.15, 0.2) is 24.3 Å². The number of nitrogens with zero attached hydrogens (tertiary/aromatic N) is 2. The third kappa shape index (κ3) is 4.48. The molecule has 0 fully saturated rings. The van der Waals surface area contributed by atoms with Gasteiger partial charge in [-0.1, -0.05) is 18.2 Å². The third-order valence-corrected chi connectivity index (χ3v) is 4.93. The second-order valence-electron chi connectivity index (χ2n) is 6.73. The zero-order valence-electron chi connectivity index (χ0n) is 16.4. The summed E-state index contributed by atoms with van der Waals surface area (Å²) in [5.74, 6) is -0.735. The first kappa shape index (κ1) is 20.2. The number of carbonyl (C=O) groups excluding carboxylic acids is 2. The standard InChI is InChI=1S/C21H26N2O5/c1-26-12-10-23(11-13-27-2)19(24)14-28-21(25)20-15-6-3-4-8-17(15)22-18-9-5-7-16(18)20/h3-4,6,8H,5,7,9-14H2,1-2H3. The number of hydrogen-bond donors (Lipinski definition) is 0. The zero-order chi connectivity index (χ0) is 19.9. The number of pyridine rings is 1. The average Bonchev–Trinajstić information content (AvgIpc) is 3.18. The van der Waals surface area contributed by atoms with E-state index >= 15 is 0 Å². The second-order valence-corrected chi connectivity index (χ2v) is 6.73. The molecule has 1 aliphatic carbocycles. The largest absolute Gasteiger partial charge is 0.452 e. The van der Waals surface area contributed by atoms with Crippen molar-refractivity contribution in [2.45, 2.75) is 19.3 Å². The number of methoxy groups -OCH3 is 2. The fourth-order valence-corrected chi connectivity index (χ4v) is 3.50. The summed E-state index contributed by atoms with van der Waals surface area (Å²) in [4.78, 5) is 31.7. The van der Waals surface area contributed by atoms with Gasteiger partial charge in [0.1, 0.15) is 0 Å². The van der Waals surface area contributed by atoms with Crippen LogP contribution in [-0.4, -0.2) is 68.9 Å². The van der Waals surface area contributed by atoms with Gasteiger partial charge in [0.15, 0.2) is 6.61 Å². The number of benzene rings is 1. The van der Waals surface area contributed by atoms with E-state index in [4.69, 9.17) is 14.2 Å². The van der Waals surface area contributed by atoms with Gasteiger partial charge in [-0.2, -0.15) is 0 Å². The summed E-state index contributed by atoms with van der Waals surface area (Å²) in [5.41, 5.74) is 3.24. The predicted molar refractivity (Wildman–Crippen MR) is 104 cm³/mol. The molecule has 7 nitrogen and oxygen atoms in total. The Kier molecular flexibility index (Phi) is 6.95. The van der Waals surface area contributed by atoms with Crippen LogP contribution in [0.4, 0.5) is 0 Å². The Hall–Kier alpha value is -2.51. The summed E-state index contributed by atoms with van der Waals surface area (Å²) in [6, 6.07) is 7.55. The lowest BCUT2D eigenvalue weighted by Gasteiger charge is -2.22. The Morgan fingerprint density at radius 1 is 1.07 bits per heavy atom. The van der Waals surface area contributed by atoms with Crippen molar-refractivity contribution in [2.24, 2.45) is 0 Å². The average molecular weight is 386 g/mol. The van der Waals surface area contributed by atoms with Gasteiger partial charge in [-0.25, -0.2) is 4.79 Å². The normalized spacial score (nSPS) is 12.8. The number of amides is 1. The number of aromatic nitrogens is 1. The van der Waals surface area contributed by atoms with Crippen molar-refractivity contribution >= 4 is 22.8 Å². The highest BCUT2D eigenvalue weighted by atomic mass is 16.5. The molecule has 0 spiro atoms. The SMILES string of the molecule is COCCN(CCOC)C(=O)COC(=O)c1c2c(nc3ccccc13)CCC2. The van der Waals surface area contributed by atoms with Gasteiger partial charge < -0.3 is 19.1 Å². The number of hydrogen-bond acceptors (Lipinski definition) is 6. The molecule has 1 heterocycles. The maximum atomic E-state index is 12.9. The van der Waals surface area contributed by atoms with Gasteiger partial charge in [-0.15, -0.1) is 0 Å². The van der Waals surface area contributed by atoms with Crippen molar-refractivity contribution in [1.29, 1.82) is 0 Å². The summed E-state index contributed by atoms with van der Waals surface area (Å²) in [7, 11) is 3.16. The third-order valence-electron chi connectivity index (χ3n) is 4.93.